The highest BCUT2D eigenvalue weighted by molar-refractivity contribution is 5.63. The first-order chi connectivity index (χ1) is 9.26. The lowest BCUT2D eigenvalue weighted by atomic mass is 9.93. The molecule has 0 heterocycles. The number of benzene rings is 2. The molecule has 0 bridgehead atoms. The van der Waals surface area contributed by atoms with E-state index < -0.39 is 0 Å². The van der Waals surface area contributed by atoms with Gasteiger partial charge in [-0.05, 0) is 36.2 Å². The van der Waals surface area contributed by atoms with E-state index in [9.17, 15) is 0 Å². The van der Waals surface area contributed by atoms with Crippen LogP contribution in [-0.2, 0) is 0 Å². The quantitative estimate of drug-likeness (QED) is 0.860. The first-order valence-corrected chi connectivity index (χ1v) is 6.79. The molecule has 0 saturated carbocycles. The summed E-state index contributed by atoms with van der Waals surface area (Å²) in [4.78, 5) is 0. The molecule has 2 aromatic rings. The largest absolute Gasteiger partial charge is 0.330 e. The van der Waals surface area contributed by atoms with E-state index in [-0.39, 0.29) is 0 Å². The minimum atomic E-state index is 0.315. The van der Waals surface area contributed by atoms with Crippen molar-refractivity contribution in [2.75, 3.05) is 13.6 Å². The Morgan fingerprint density at radius 3 is 2.05 bits per heavy atom. The minimum absolute atomic E-state index is 0.315. The van der Waals surface area contributed by atoms with Crippen LogP contribution in [0.5, 0.6) is 0 Å². The fourth-order valence-electron chi connectivity index (χ4n) is 2.43. The zero-order valence-corrected chi connectivity index (χ0v) is 11.6. The summed E-state index contributed by atoms with van der Waals surface area (Å²) in [5.74, 6) is 0.424. The maximum absolute atomic E-state index is 5.77. The second-order valence-corrected chi connectivity index (χ2v) is 4.97. The summed E-state index contributed by atoms with van der Waals surface area (Å²) in [5, 5.41) is 3.35. The predicted molar refractivity (Wildman–Crippen MR) is 81.9 cm³/mol. The molecule has 0 spiro atoms. The zero-order chi connectivity index (χ0) is 13.7. The van der Waals surface area contributed by atoms with Crippen LogP contribution in [0.15, 0.2) is 54.6 Å². The smallest absolute Gasteiger partial charge is 0.0355 e. The summed E-state index contributed by atoms with van der Waals surface area (Å²) in [7, 11) is 1.99. The Morgan fingerprint density at radius 1 is 0.947 bits per heavy atom. The molecule has 2 unspecified atom stereocenters. The van der Waals surface area contributed by atoms with E-state index >= 15 is 0 Å². The first kappa shape index (κ1) is 13.8. The average Bonchev–Trinajstić information content (AvgIpc) is 2.49. The van der Waals surface area contributed by atoms with E-state index in [1.807, 2.05) is 13.1 Å². The average molecular weight is 254 g/mol. The Bertz CT molecular complexity index is 490. The topological polar surface area (TPSA) is 38.0 Å². The lowest BCUT2D eigenvalue weighted by molar-refractivity contribution is 0.420. The zero-order valence-electron chi connectivity index (χ0n) is 11.6. The van der Waals surface area contributed by atoms with E-state index in [1.165, 1.54) is 16.7 Å². The third kappa shape index (κ3) is 3.22. The number of rotatable bonds is 5. The van der Waals surface area contributed by atoms with Gasteiger partial charge in [0.1, 0.15) is 0 Å². The molecule has 0 radical (unpaired) electrons. The number of nitrogens with one attached hydrogen (secondary N) is 1. The molecule has 19 heavy (non-hydrogen) atoms. The van der Waals surface area contributed by atoms with E-state index in [4.69, 9.17) is 5.73 Å². The van der Waals surface area contributed by atoms with Gasteiger partial charge in [-0.3, -0.25) is 0 Å². The van der Waals surface area contributed by atoms with Crippen LogP contribution in [0.2, 0.25) is 0 Å². The van der Waals surface area contributed by atoms with Crippen molar-refractivity contribution < 1.29 is 0 Å². The van der Waals surface area contributed by atoms with Crippen molar-refractivity contribution in [3.63, 3.8) is 0 Å². The van der Waals surface area contributed by atoms with Gasteiger partial charge in [-0.2, -0.15) is 0 Å². The number of nitrogens with two attached hydrogens (primary N) is 1. The Balaban J connectivity index is 2.23. The normalized spacial score (nSPS) is 14.1. The van der Waals surface area contributed by atoms with Gasteiger partial charge < -0.3 is 11.1 Å². The van der Waals surface area contributed by atoms with Crippen LogP contribution in [0.25, 0.3) is 11.1 Å². The van der Waals surface area contributed by atoms with Crippen LogP contribution in [0.3, 0.4) is 0 Å². The van der Waals surface area contributed by atoms with Gasteiger partial charge in [-0.1, -0.05) is 61.5 Å². The molecule has 0 aliphatic carbocycles. The van der Waals surface area contributed by atoms with Crippen molar-refractivity contribution in [1.82, 2.24) is 5.32 Å². The first-order valence-electron chi connectivity index (χ1n) is 6.79. The lowest BCUT2D eigenvalue weighted by Crippen LogP contribution is -2.28. The fourth-order valence-corrected chi connectivity index (χ4v) is 2.43. The molecule has 2 rings (SSSR count). The molecule has 0 aliphatic heterocycles. The van der Waals surface area contributed by atoms with Crippen molar-refractivity contribution in [3.05, 3.63) is 60.2 Å². The van der Waals surface area contributed by atoms with Gasteiger partial charge in [-0.25, -0.2) is 0 Å². The molecule has 0 aromatic heterocycles. The van der Waals surface area contributed by atoms with E-state index in [2.05, 4.69) is 60.8 Å². The molecule has 0 saturated heterocycles. The molecule has 2 nitrogen and oxygen atoms in total. The summed E-state index contributed by atoms with van der Waals surface area (Å²) in [6.07, 6.45) is 0. The molecule has 2 aromatic carbocycles. The molecule has 2 atom stereocenters. The van der Waals surface area contributed by atoms with Crippen molar-refractivity contribution in [2.24, 2.45) is 11.7 Å². The highest BCUT2D eigenvalue weighted by Gasteiger charge is 2.15. The summed E-state index contributed by atoms with van der Waals surface area (Å²) < 4.78 is 0. The Morgan fingerprint density at radius 2 is 1.53 bits per heavy atom. The van der Waals surface area contributed by atoms with Crippen LogP contribution in [0, 0.1) is 5.92 Å². The molecule has 2 heteroatoms. The van der Waals surface area contributed by atoms with E-state index in [0.717, 1.165) is 0 Å². The van der Waals surface area contributed by atoms with Gasteiger partial charge in [-0.15, -0.1) is 0 Å². The van der Waals surface area contributed by atoms with Gasteiger partial charge in [0.25, 0.3) is 0 Å². The standard InChI is InChI=1S/C17H22N2/c1-13(12-18)17(19-2)16-10-8-15(9-11-16)14-6-4-3-5-7-14/h3-11,13,17,19H,12,18H2,1-2H3. The van der Waals surface area contributed by atoms with Gasteiger partial charge in [0.05, 0.1) is 0 Å². The Hall–Kier alpha value is -1.64. The van der Waals surface area contributed by atoms with Crippen LogP contribution in [0.4, 0.5) is 0 Å². The van der Waals surface area contributed by atoms with Crippen molar-refractivity contribution in [3.8, 4) is 11.1 Å². The van der Waals surface area contributed by atoms with Gasteiger partial charge in [0.2, 0.25) is 0 Å². The molecule has 0 amide bonds. The Labute approximate surface area is 115 Å². The number of hydrogen-bond acceptors (Lipinski definition) is 2. The lowest BCUT2D eigenvalue weighted by Gasteiger charge is -2.23. The monoisotopic (exact) mass is 254 g/mol. The molecular weight excluding hydrogens is 232 g/mol. The molecule has 3 N–H and O–H groups in total. The van der Waals surface area contributed by atoms with Crippen LogP contribution >= 0.6 is 0 Å². The van der Waals surface area contributed by atoms with Crippen LogP contribution in [0.1, 0.15) is 18.5 Å². The predicted octanol–water partition coefficient (Wildman–Crippen LogP) is 3.21. The maximum atomic E-state index is 5.77. The van der Waals surface area contributed by atoms with Crippen molar-refractivity contribution in [2.45, 2.75) is 13.0 Å². The summed E-state index contributed by atoms with van der Waals surface area (Å²) in [6.45, 7) is 2.86. The third-order valence-corrected chi connectivity index (χ3v) is 3.63. The highest BCUT2D eigenvalue weighted by atomic mass is 14.9. The second-order valence-electron chi connectivity index (χ2n) is 4.97. The SMILES string of the molecule is CNC(c1ccc(-c2ccccc2)cc1)C(C)CN. The summed E-state index contributed by atoms with van der Waals surface area (Å²) in [6, 6.07) is 19.5. The summed E-state index contributed by atoms with van der Waals surface area (Å²) >= 11 is 0. The van der Waals surface area contributed by atoms with Crippen molar-refractivity contribution >= 4 is 0 Å². The maximum Gasteiger partial charge on any atom is 0.0355 e. The molecular formula is C17H22N2. The van der Waals surface area contributed by atoms with E-state index in [1.54, 1.807) is 0 Å². The van der Waals surface area contributed by atoms with E-state index in [0.29, 0.717) is 18.5 Å². The number of hydrogen-bond donors (Lipinski definition) is 2. The second kappa shape index (κ2) is 6.50. The third-order valence-electron chi connectivity index (χ3n) is 3.63. The van der Waals surface area contributed by atoms with Gasteiger partial charge in [0, 0.05) is 6.04 Å². The van der Waals surface area contributed by atoms with Gasteiger partial charge in [0.15, 0.2) is 0 Å². The highest BCUT2D eigenvalue weighted by Crippen LogP contribution is 2.25. The Kier molecular flexibility index (Phi) is 4.72. The molecule has 0 fully saturated rings. The minimum Gasteiger partial charge on any atom is -0.330 e. The molecule has 100 valence electrons. The fraction of sp³-hybridized carbons (Fsp3) is 0.294. The van der Waals surface area contributed by atoms with Gasteiger partial charge >= 0.3 is 0 Å². The molecule has 0 aliphatic rings. The van der Waals surface area contributed by atoms with Crippen LogP contribution < -0.4 is 11.1 Å². The van der Waals surface area contributed by atoms with Crippen LogP contribution in [-0.4, -0.2) is 13.6 Å². The summed E-state index contributed by atoms with van der Waals surface area (Å²) in [5.41, 5.74) is 9.56. The van der Waals surface area contributed by atoms with Crippen molar-refractivity contribution in [1.29, 1.82) is 0 Å².